The van der Waals surface area contributed by atoms with Crippen molar-refractivity contribution in [2.75, 3.05) is 34.8 Å². The quantitative estimate of drug-likeness (QED) is 0.368. The number of alkyl halides is 2. The van der Waals surface area contributed by atoms with E-state index in [-0.39, 0.29) is 47.3 Å². The van der Waals surface area contributed by atoms with Gasteiger partial charge in [-0.3, -0.25) is 14.6 Å². The molecule has 3 aromatic rings. The number of hydrogen-bond donors (Lipinski definition) is 1. The van der Waals surface area contributed by atoms with Gasteiger partial charge in [0.25, 0.3) is 5.92 Å². The first-order valence-electron chi connectivity index (χ1n) is 11.8. The molecule has 1 aliphatic carbocycles. The molecule has 1 atom stereocenters. The third kappa shape index (κ3) is 3.79. The Hall–Kier alpha value is -3.73. The van der Waals surface area contributed by atoms with Gasteiger partial charge < -0.3 is 15.1 Å². The van der Waals surface area contributed by atoms with Gasteiger partial charge >= 0.3 is 0 Å². The number of carbonyl (C=O) groups excluding carboxylic acids is 2. The Kier molecular flexibility index (Phi) is 5.43. The fraction of sp³-hybridized carbons (Fsp3) is 0.308. The summed E-state index contributed by atoms with van der Waals surface area (Å²) in [5.41, 5.74) is -0.294. The fourth-order valence-corrected chi connectivity index (χ4v) is 5.33. The lowest BCUT2D eigenvalue weighted by atomic mass is 9.95. The van der Waals surface area contributed by atoms with E-state index in [1.807, 2.05) is 0 Å². The molecule has 2 aromatic heterocycles. The van der Waals surface area contributed by atoms with Crippen LogP contribution in [-0.2, 0) is 9.59 Å². The van der Waals surface area contributed by atoms with Gasteiger partial charge in [0.05, 0.1) is 33.3 Å². The molecule has 2 aliphatic heterocycles. The zero-order valence-electron chi connectivity index (χ0n) is 19.9. The minimum absolute atomic E-state index is 0.0103. The predicted octanol–water partition coefficient (Wildman–Crippen LogP) is 5.01. The molecule has 2 fully saturated rings. The fourth-order valence-electron chi connectivity index (χ4n) is 5.21. The molecule has 196 valence electrons. The summed E-state index contributed by atoms with van der Waals surface area (Å²) in [6, 6.07) is 8.36. The Morgan fingerprint density at radius 2 is 1.95 bits per heavy atom. The molecule has 1 saturated carbocycles. The van der Waals surface area contributed by atoms with Crippen molar-refractivity contribution < 1.29 is 27.2 Å². The van der Waals surface area contributed by atoms with Gasteiger partial charge in [-0.05, 0) is 31.2 Å². The van der Waals surface area contributed by atoms with E-state index in [0.717, 1.165) is 11.0 Å². The summed E-state index contributed by atoms with van der Waals surface area (Å²) in [6.45, 7) is 1.09. The van der Waals surface area contributed by atoms with E-state index in [9.17, 15) is 22.8 Å². The van der Waals surface area contributed by atoms with Crippen LogP contribution in [0.5, 0.6) is 0 Å². The number of hydrogen-bond acceptors (Lipinski definition) is 5. The second-order valence-corrected chi connectivity index (χ2v) is 10.3. The van der Waals surface area contributed by atoms with Crippen LogP contribution >= 0.6 is 11.6 Å². The summed E-state index contributed by atoms with van der Waals surface area (Å²) in [7, 11) is 0. The molecule has 38 heavy (non-hydrogen) atoms. The Bertz CT molecular complexity index is 1510. The van der Waals surface area contributed by atoms with E-state index in [1.165, 1.54) is 29.3 Å². The van der Waals surface area contributed by atoms with Gasteiger partial charge in [-0.25, -0.2) is 18.2 Å². The van der Waals surface area contributed by atoms with Crippen LogP contribution in [0.15, 0.2) is 42.6 Å². The number of halogens is 5. The van der Waals surface area contributed by atoms with Crippen molar-refractivity contribution >= 4 is 40.6 Å². The van der Waals surface area contributed by atoms with E-state index in [4.69, 9.17) is 11.6 Å². The van der Waals surface area contributed by atoms with Gasteiger partial charge in [0.2, 0.25) is 17.8 Å². The molecule has 1 N–H and O–H groups in total. The molecule has 0 unspecified atom stereocenters. The van der Waals surface area contributed by atoms with Gasteiger partial charge in [-0.1, -0.05) is 17.7 Å². The molecule has 7 nitrogen and oxygen atoms in total. The monoisotopic (exact) mass is 545 g/mol. The molecule has 1 aromatic carbocycles. The van der Waals surface area contributed by atoms with Crippen molar-refractivity contribution in [1.82, 2.24) is 9.97 Å². The maximum absolute atomic E-state index is 15.7. The average Bonchev–Trinajstić information content (AvgIpc) is 3.46. The molecule has 2 amide bonds. The Morgan fingerprint density at radius 1 is 1.21 bits per heavy atom. The summed E-state index contributed by atoms with van der Waals surface area (Å²) < 4.78 is 57.0. The third-order valence-corrected chi connectivity index (χ3v) is 7.72. The molecule has 3 aliphatic rings. The average molecular weight is 546 g/mol. The van der Waals surface area contributed by atoms with E-state index >= 15 is 4.39 Å². The number of amides is 2. The third-order valence-electron chi connectivity index (χ3n) is 7.41. The van der Waals surface area contributed by atoms with Crippen molar-refractivity contribution in [1.29, 1.82) is 0 Å². The van der Waals surface area contributed by atoms with Crippen molar-refractivity contribution in [3.8, 4) is 11.1 Å². The number of aromatic nitrogens is 2. The first-order chi connectivity index (χ1) is 18.0. The Morgan fingerprint density at radius 3 is 2.63 bits per heavy atom. The Balaban J connectivity index is 1.38. The lowest BCUT2D eigenvalue weighted by Gasteiger charge is -2.41. The minimum Gasteiger partial charge on any atom is -0.355 e. The van der Waals surface area contributed by atoms with Crippen molar-refractivity contribution in [2.45, 2.75) is 25.2 Å². The largest absolute Gasteiger partial charge is 0.355 e. The zero-order chi connectivity index (χ0) is 27.0. The topological polar surface area (TPSA) is 78.4 Å². The number of carbonyl (C=O) groups is 2. The predicted molar refractivity (Wildman–Crippen MR) is 132 cm³/mol. The number of nitrogens with one attached hydrogen (secondary N) is 1. The van der Waals surface area contributed by atoms with Gasteiger partial charge in [0.1, 0.15) is 18.2 Å². The molecular formula is C26H20ClF4N5O2. The Labute approximate surface area is 219 Å². The number of rotatable bonds is 4. The normalized spacial score (nSPS) is 20.4. The van der Waals surface area contributed by atoms with Crippen LogP contribution in [0.25, 0.3) is 11.1 Å². The summed E-state index contributed by atoms with van der Waals surface area (Å²) in [6.07, 6.45) is 1.26. The number of benzene rings is 1. The van der Waals surface area contributed by atoms with Crippen LogP contribution in [0.1, 0.15) is 25.0 Å². The van der Waals surface area contributed by atoms with Gasteiger partial charge in [-0.15, -0.1) is 0 Å². The first kappa shape index (κ1) is 24.6. The molecule has 0 radical (unpaired) electrons. The van der Waals surface area contributed by atoms with E-state index < -0.39 is 47.4 Å². The van der Waals surface area contributed by atoms with Crippen LogP contribution in [0.4, 0.5) is 34.8 Å². The van der Waals surface area contributed by atoms with Crippen LogP contribution in [0.2, 0.25) is 5.02 Å². The standard InChI is InChI=1S/C26H20ClF4N5O2/c1-13-22-15(3-2-6-32-22)21-18(8-19(34-23(21)29)35-11-25(12-35)10-26(25,30)31)36(24(13)38)9-20(37)33-14-4-5-16(27)17(28)7-14/h2-8,13H,9-12H2,1H3,(H,33,37)/t13-/m1/s1. The number of anilines is 3. The maximum Gasteiger partial charge on any atom is 0.258 e. The second kappa shape index (κ2) is 8.39. The van der Waals surface area contributed by atoms with Crippen molar-refractivity contribution in [3.05, 3.63) is 65.1 Å². The lowest BCUT2D eigenvalue weighted by Crippen LogP contribution is -2.52. The van der Waals surface area contributed by atoms with E-state index in [1.54, 1.807) is 19.1 Å². The highest BCUT2D eigenvalue weighted by Gasteiger charge is 2.76. The maximum atomic E-state index is 15.7. The van der Waals surface area contributed by atoms with Crippen LogP contribution < -0.4 is 15.1 Å². The van der Waals surface area contributed by atoms with Crippen LogP contribution in [0, 0.1) is 17.2 Å². The second-order valence-electron chi connectivity index (χ2n) is 9.94. The van der Waals surface area contributed by atoms with Gasteiger partial charge in [0.15, 0.2) is 0 Å². The molecule has 12 heteroatoms. The summed E-state index contributed by atoms with van der Waals surface area (Å²) in [5.74, 6) is -6.34. The van der Waals surface area contributed by atoms with E-state index in [2.05, 4.69) is 15.3 Å². The SMILES string of the molecule is C[C@H]1C(=O)N(CC(=O)Nc2ccc(Cl)c(F)c2)c2cc(N3CC4(C3)CC4(F)F)nc(F)c2-c2cccnc21. The smallest absolute Gasteiger partial charge is 0.258 e. The molecule has 1 saturated heterocycles. The van der Waals surface area contributed by atoms with Gasteiger partial charge in [-0.2, -0.15) is 4.39 Å². The van der Waals surface area contributed by atoms with E-state index in [0.29, 0.717) is 11.3 Å². The van der Waals surface area contributed by atoms with Crippen molar-refractivity contribution in [2.24, 2.45) is 5.41 Å². The van der Waals surface area contributed by atoms with Crippen LogP contribution in [0.3, 0.4) is 0 Å². The lowest BCUT2D eigenvalue weighted by molar-refractivity contribution is -0.122. The van der Waals surface area contributed by atoms with Crippen molar-refractivity contribution in [3.63, 3.8) is 0 Å². The summed E-state index contributed by atoms with van der Waals surface area (Å²) in [4.78, 5) is 37.6. The molecule has 0 bridgehead atoms. The highest BCUT2D eigenvalue weighted by atomic mass is 35.5. The molecule has 4 heterocycles. The van der Waals surface area contributed by atoms with Crippen LogP contribution in [-0.4, -0.2) is 47.3 Å². The highest BCUT2D eigenvalue weighted by Crippen LogP contribution is 2.65. The van der Waals surface area contributed by atoms with Gasteiger partial charge in [0, 0.05) is 43.0 Å². The molecule has 6 rings (SSSR count). The summed E-state index contributed by atoms with van der Waals surface area (Å²) >= 11 is 5.70. The summed E-state index contributed by atoms with van der Waals surface area (Å²) in [5, 5.41) is 2.40. The molecule has 1 spiro atoms. The minimum atomic E-state index is -2.75. The number of pyridine rings is 2. The first-order valence-corrected chi connectivity index (χ1v) is 12.2. The molecular weight excluding hydrogens is 526 g/mol. The number of fused-ring (bicyclic) bond motifs is 3. The number of nitrogens with zero attached hydrogens (tertiary/aromatic N) is 4. The zero-order valence-corrected chi connectivity index (χ0v) is 20.7. The highest BCUT2D eigenvalue weighted by molar-refractivity contribution is 6.30.